The third-order valence-electron chi connectivity index (χ3n) is 4.69. The zero-order valence-corrected chi connectivity index (χ0v) is 15.2. The highest BCUT2D eigenvalue weighted by atomic mass is 35.5. The number of hydrogen-bond acceptors (Lipinski definition) is 4. The monoisotopic (exact) mass is 384 g/mol. The Morgan fingerprint density at radius 1 is 1.15 bits per heavy atom. The molecule has 0 aliphatic carbocycles. The summed E-state index contributed by atoms with van der Waals surface area (Å²) in [5.74, 6) is 0.485. The van der Waals surface area contributed by atoms with E-state index in [0.717, 1.165) is 33.9 Å². The minimum Gasteiger partial charge on any atom is -0.464 e. The first-order valence-corrected chi connectivity index (χ1v) is 9.56. The standard InChI is InChI=1S/C20H14ClFN2OS/c21-13-6-7-18-15(10-13)17-11-16(19-5-2-8-26-19)23-24(17)20(25-18)12-3-1-4-14(22)9-12/h1-10,17,20H,11H2. The third-order valence-corrected chi connectivity index (χ3v) is 5.85. The van der Waals surface area contributed by atoms with E-state index in [4.69, 9.17) is 21.4 Å². The van der Waals surface area contributed by atoms with Crippen LogP contribution in [-0.2, 0) is 0 Å². The van der Waals surface area contributed by atoms with Crippen molar-refractivity contribution in [3.63, 3.8) is 0 Å². The van der Waals surface area contributed by atoms with Crippen molar-refractivity contribution < 1.29 is 9.13 Å². The van der Waals surface area contributed by atoms with Gasteiger partial charge in [0, 0.05) is 22.6 Å². The summed E-state index contributed by atoms with van der Waals surface area (Å²) in [6.45, 7) is 0. The second kappa shape index (κ2) is 6.11. The van der Waals surface area contributed by atoms with E-state index in [1.165, 1.54) is 12.1 Å². The molecule has 0 amide bonds. The molecule has 2 aromatic carbocycles. The summed E-state index contributed by atoms with van der Waals surface area (Å²) >= 11 is 7.88. The molecule has 0 saturated carbocycles. The van der Waals surface area contributed by atoms with Crippen LogP contribution in [0.2, 0.25) is 5.02 Å². The number of nitrogens with zero attached hydrogens (tertiary/aromatic N) is 2. The van der Waals surface area contributed by atoms with E-state index >= 15 is 0 Å². The minimum absolute atomic E-state index is 0.0165. The van der Waals surface area contributed by atoms with Crippen molar-refractivity contribution >= 4 is 28.6 Å². The molecule has 0 spiro atoms. The highest BCUT2D eigenvalue weighted by Crippen LogP contribution is 2.48. The van der Waals surface area contributed by atoms with E-state index in [9.17, 15) is 4.39 Å². The van der Waals surface area contributed by atoms with Crippen LogP contribution in [0, 0.1) is 5.82 Å². The van der Waals surface area contributed by atoms with E-state index in [-0.39, 0.29) is 11.9 Å². The molecule has 3 nitrogen and oxygen atoms in total. The van der Waals surface area contributed by atoms with Gasteiger partial charge in [0.15, 0.2) is 0 Å². The van der Waals surface area contributed by atoms with Crippen LogP contribution in [-0.4, -0.2) is 10.7 Å². The predicted molar refractivity (Wildman–Crippen MR) is 101 cm³/mol. The molecular formula is C20H14ClFN2OS. The summed E-state index contributed by atoms with van der Waals surface area (Å²) in [5, 5.41) is 9.48. The Hall–Kier alpha value is -2.37. The van der Waals surface area contributed by atoms with Gasteiger partial charge in [0.05, 0.1) is 16.6 Å². The van der Waals surface area contributed by atoms with Gasteiger partial charge in [-0.25, -0.2) is 9.40 Å². The van der Waals surface area contributed by atoms with Crippen molar-refractivity contribution in [3.05, 3.63) is 86.8 Å². The van der Waals surface area contributed by atoms with E-state index in [1.54, 1.807) is 17.4 Å². The molecule has 3 heterocycles. The first-order valence-electron chi connectivity index (χ1n) is 8.30. The second-order valence-electron chi connectivity index (χ2n) is 6.33. The van der Waals surface area contributed by atoms with Crippen molar-refractivity contribution in [1.82, 2.24) is 5.01 Å². The first-order chi connectivity index (χ1) is 12.7. The van der Waals surface area contributed by atoms with Crippen LogP contribution in [0.3, 0.4) is 0 Å². The lowest BCUT2D eigenvalue weighted by Crippen LogP contribution is -2.33. The van der Waals surface area contributed by atoms with Crippen molar-refractivity contribution in [2.24, 2.45) is 5.10 Å². The number of hydrogen-bond donors (Lipinski definition) is 0. The maximum Gasteiger partial charge on any atom is 0.213 e. The van der Waals surface area contributed by atoms with Crippen LogP contribution in [0.4, 0.5) is 4.39 Å². The van der Waals surface area contributed by atoms with E-state index in [0.29, 0.717) is 5.02 Å². The molecule has 2 aliphatic heterocycles. The van der Waals surface area contributed by atoms with E-state index in [1.807, 2.05) is 40.7 Å². The molecule has 0 bridgehead atoms. The molecule has 2 aliphatic rings. The second-order valence-corrected chi connectivity index (χ2v) is 7.72. The molecular weight excluding hydrogens is 371 g/mol. The highest BCUT2D eigenvalue weighted by Gasteiger charge is 2.41. The molecule has 2 unspecified atom stereocenters. The SMILES string of the molecule is Fc1cccc(C2Oc3ccc(Cl)cc3C3CC(c4cccs4)=NN32)c1. The van der Waals surface area contributed by atoms with Crippen molar-refractivity contribution in [3.8, 4) is 5.75 Å². The molecule has 5 rings (SSSR count). The van der Waals surface area contributed by atoms with Crippen LogP contribution in [0.5, 0.6) is 5.75 Å². The van der Waals surface area contributed by atoms with Gasteiger partial charge in [-0.05, 0) is 41.8 Å². The molecule has 0 saturated heterocycles. The number of halogens is 2. The van der Waals surface area contributed by atoms with Crippen LogP contribution in [0.1, 0.15) is 34.7 Å². The number of benzene rings is 2. The average molecular weight is 385 g/mol. The smallest absolute Gasteiger partial charge is 0.213 e. The van der Waals surface area contributed by atoms with Crippen molar-refractivity contribution in [2.75, 3.05) is 0 Å². The Balaban J connectivity index is 1.63. The quantitative estimate of drug-likeness (QED) is 0.559. The number of thiophene rings is 1. The number of hydrazone groups is 1. The fourth-order valence-corrected chi connectivity index (χ4v) is 4.43. The van der Waals surface area contributed by atoms with Crippen LogP contribution in [0.25, 0.3) is 0 Å². The lowest BCUT2D eigenvalue weighted by Gasteiger charge is -2.38. The molecule has 26 heavy (non-hydrogen) atoms. The van der Waals surface area contributed by atoms with Gasteiger partial charge < -0.3 is 4.74 Å². The van der Waals surface area contributed by atoms with Crippen LogP contribution >= 0.6 is 22.9 Å². The number of ether oxygens (including phenoxy) is 1. The average Bonchev–Trinajstić information content (AvgIpc) is 3.31. The van der Waals surface area contributed by atoms with Gasteiger partial charge in [0.1, 0.15) is 11.6 Å². The number of fused-ring (bicyclic) bond motifs is 3. The molecule has 2 atom stereocenters. The molecule has 0 fully saturated rings. The molecule has 0 N–H and O–H groups in total. The highest BCUT2D eigenvalue weighted by molar-refractivity contribution is 7.12. The minimum atomic E-state index is -0.471. The van der Waals surface area contributed by atoms with Crippen molar-refractivity contribution in [2.45, 2.75) is 18.7 Å². The Labute approximate surface area is 159 Å². The Bertz CT molecular complexity index is 1000. The zero-order valence-electron chi connectivity index (χ0n) is 13.6. The lowest BCUT2D eigenvalue weighted by molar-refractivity contribution is -0.0192. The van der Waals surface area contributed by atoms with Crippen molar-refractivity contribution in [1.29, 1.82) is 0 Å². The van der Waals surface area contributed by atoms with Crippen LogP contribution in [0.15, 0.2) is 65.1 Å². The predicted octanol–water partition coefficient (Wildman–Crippen LogP) is 5.78. The van der Waals surface area contributed by atoms with E-state index in [2.05, 4.69) is 6.07 Å². The topological polar surface area (TPSA) is 24.8 Å². The number of rotatable bonds is 2. The maximum absolute atomic E-state index is 13.8. The van der Waals surface area contributed by atoms with Gasteiger partial charge in [0.25, 0.3) is 0 Å². The summed E-state index contributed by atoms with van der Waals surface area (Å²) in [7, 11) is 0. The van der Waals surface area contributed by atoms with Crippen LogP contribution < -0.4 is 4.74 Å². The Morgan fingerprint density at radius 2 is 2.08 bits per heavy atom. The summed E-state index contributed by atoms with van der Waals surface area (Å²) in [4.78, 5) is 1.14. The first kappa shape index (κ1) is 15.9. The summed E-state index contributed by atoms with van der Waals surface area (Å²) in [5.41, 5.74) is 2.77. The van der Waals surface area contributed by atoms with Gasteiger partial charge in [-0.15, -0.1) is 11.3 Å². The maximum atomic E-state index is 13.8. The summed E-state index contributed by atoms with van der Waals surface area (Å²) in [6.07, 6.45) is 0.296. The lowest BCUT2D eigenvalue weighted by atomic mass is 9.97. The molecule has 3 aromatic rings. The fourth-order valence-electron chi connectivity index (χ4n) is 3.53. The summed E-state index contributed by atoms with van der Waals surface area (Å²) < 4.78 is 20.0. The van der Waals surface area contributed by atoms with E-state index < -0.39 is 6.23 Å². The van der Waals surface area contributed by atoms with Gasteiger partial charge in [-0.3, -0.25) is 0 Å². The largest absolute Gasteiger partial charge is 0.464 e. The molecule has 1 aromatic heterocycles. The normalized spacial score (nSPS) is 21.0. The van der Waals surface area contributed by atoms with Gasteiger partial charge in [-0.2, -0.15) is 5.10 Å². The fraction of sp³-hybridized carbons (Fsp3) is 0.150. The van der Waals surface area contributed by atoms with Gasteiger partial charge in [0.2, 0.25) is 6.23 Å². The van der Waals surface area contributed by atoms with Gasteiger partial charge in [-0.1, -0.05) is 29.8 Å². The molecule has 0 radical (unpaired) electrons. The van der Waals surface area contributed by atoms with Gasteiger partial charge >= 0.3 is 0 Å². The summed E-state index contributed by atoms with van der Waals surface area (Å²) in [6, 6.07) is 16.2. The third kappa shape index (κ3) is 2.59. The molecule has 6 heteroatoms. The Morgan fingerprint density at radius 3 is 2.88 bits per heavy atom. The molecule has 130 valence electrons. The zero-order chi connectivity index (χ0) is 17.7. The Kier molecular flexibility index (Phi) is 3.72.